The van der Waals surface area contributed by atoms with Crippen molar-refractivity contribution in [3.8, 4) is 11.4 Å². The number of rotatable bonds is 12. The highest BCUT2D eigenvalue weighted by molar-refractivity contribution is 6.21. The molecule has 2 heteroatoms. The molecular formula is C42H44N2. The topological polar surface area (TPSA) is 9.86 Å². The second kappa shape index (κ2) is 12.7. The maximum atomic E-state index is 2.37. The molecule has 0 amide bonds. The van der Waals surface area contributed by atoms with E-state index >= 15 is 0 Å². The molecule has 0 bridgehead atoms. The van der Waals surface area contributed by atoms with Gasteiger partial charge in [0.15, 0.2) is 0 Å². The lowest BCUT2D eigenvalue weighted by Crippen LogP contribution is -1.95. The third-order valence-electron chi connectivity index (χ3n) is 9.55. The first-order valence-corrected chi connectivity index (χ1v) is 16.9. The molecular weight excluding hydrogens is 532 g/mol. The predicted molar refractivity (Wildman–Crippen MR) is 191 cm³/mol. The summed E-state index contributed by atoms with van der Waals surface area (Å²) in [6.45, 7) is 4.55. The summed E-state index contributed by atoms with van der Waals surface area (Å²) in [6.07, 6.45) is 17.2. The molecule has 222 valence electrons. The molecule has 0 atom stereocenters. The van der Waals surface area contributed by atoms with Crippen LogP contribution in [0.2, 0.25) is 0 Å². The Balaban J connectivity index is 1.22. The van der Waals surface area contributed by atoms with Gasteiger partial charge in [-0.2, -0.15) is 0 Å². The molecule has 2 heterocycles. The zero-order valence-electron chi connectivity index (χ0n) is 26.4. The summed E-state index contributed by atoms with van der Waals surface area (Å²) in [5.74, 6) is 0. The summed E-state index contributed by atoms with van der Waals surface area (Å²) in [4.78, 5) is 0. The van der Waals surface area contributed by atoms with E-state index in [0.29, 0.717) is 0 Å². The van der Waals surface area contributed by atoms with Crippen LogP contribution in [0, 0.1) is 0 Å². The standard InChI is InChI=1S/C42H44N2/c1-3-5-7-9-13-31-15-11-17-33(29-31)43-27-25-39-37-19-20-38-36(35(37)21-23-41(39)43)22-24-42-40(38)26-28-44(42)34-18-12-16-32(30-34)14-10-8-6-4-2/h11-12,15-30H,3-10,13-14H2,1-2H3. The molecule has 44 heavy (non-hydrogen) atoms. The van der Waals surface area contributed by atoms with E-state index in [1.54, 1.807) is 0 Å². The first kappa shape index (κ1) is 28.5. The van der Waals surface area contributed by atoms with Crippen LogP contribution in [0.3, 0.4) is 0 Å². The van der Waals surface area contributed by atoms with E-state index in [4.69, 9.17) is 0 Å². The van der Waals surface area contributed by atoms with Crippen LogP contribution in [0.25, 0.3) is 54.7 Å². The molecule has 0 fully saturated rings. The lowest BCUT2D eigenvalue weighted by Gasteiger charge is -2.11. The van der Waals surface area contributed by atoms with Gasteiger partial charge in [-0.15, -0.1) is 0 Å². The third-order valence-corrected chi connectivity index (χ3v) is 9.55. The Morgan fingerprint density at radius 2 is 0.841 bits per heavy atom. The Hall–Kier alpha value is -4.30. The minimum atomic E-state index is 1.16. The van der Waals surface area contributed by atoms with Crippen molar-refractivity contribution in [1.29, 1.82) is 0 Å². The van der Waals surface area contributed by atoms with Crippen molar-refractivity contribution < 1.29 is 0 Å². The van der Waals surface area contributed by atoms with E-state index in [1.165, 1.54) is 117 Å². The third kappa shape index (κ3) is 5.43. The summed E-state index contributed by atoms with van der Waals surface area (Å²) >= 11 is 0. The Bertz CT molecular complexity index is 1910. The Morgan fingerprint density at radius 1 is 0.409 bits per heavy atom. The SMILES string of the molecule is CCCCCCc1cccc(-n2ccc3c4ccc5c(ccc6c5ccn6-c5cccc(CCCCCC)c5)c4ccc32)c1. The molecule has 0 aliphatic carbocycles. The van der Waals surface area contributed by atoms with Crippen molar-refractivity contribution in [2.75, 3.05) is 0 Å². The van der Waals surface area contributed by atoms with Crippen molar-refractivity contribution in [3.63, 3.8) is 0 Å². The van der Waals surface area contributed by atoms with Crippen molar-refractivity contribution in [1.82, 2.24) is 9.13 Å². The first-order valence-electron chi connectivity index (χ1n) is 16.9. The summed E-state index contributed by atoms with van der Waals surface area (Å²) in [7, 11) is 0. The van der Waals surface area contributed by atoms with Crippen molar-refractivity contribution in [3.05, 3.63) is 121 Å². The zero-order valence-corrected chi connectivity index (χ0v) is 26.4. The Morgan fingerprint density at radius 3 is 1.30 bits per heavy atom. The number of nitrogens with zero attached hydrogens (tertiary/aromatic N) is 2. The van der Waals surface area contributed by atoms with Gasteiger partial charge in [0, 0.05) is 34.5 Å². The fourth-order valence-corrected chi connectivity index (χ4v) is 7.16. The van der Waals surface area contributed by atoms with Gasteiger partial charge in [0.05, 0.1) is 11.0 Å². The van der Waals surface area contributed by atoms with Crippen LogP contribution in [0.1, 0.15) is 76.3 Å². The average Bonchev–Trinajstić information content (AvgIpc) is 3.70. The number of aryl methyl sites for hydroxylation is 2. The quantitative estimate of drug-likeness (QED) is 0.101. The van der Waals surface area contributed by atoms with Gasteiger partial charge in [-0.05, 0) is 107 Å². The Labute approximate surface area is 261 Å². The van der Waals surface area contributed by atoms with E-state index in [-0.39, 0.29) is 0 Å². The van der Waals surface area contributed by atoms with Gasteiger partial charge in [-0.3, -0.25) is 0 Å². The van der Waals surface area contributed by atoms with E-state index < -0.39 is 0 Å². The van der Waals surface area contributed by atoms with Crippen LogP contribution in [0.15, 0.2) is 109 Å². The summed E-state index contributed by atoms with van der Waals surface area (Å²) in [5, 5.41) is 7.90. The van der Waals surface area contributed by atoms with Crippen LogP contribution >= 0.6 is 0 Å². The Kier molecular flexibility index (Phi) is 8.24. The zero-order chi connectivity index (χ0) is 29.9. The normalized spacial score (nSPS) is 11.9. The molecule has 2 nitrogen and oxygen atoms in total. The monoisotopic (exact) mass is 576 g/mol. The van der Waals surface area contributed by atoms with Gasteiger partial charge in [-0.25, -0.2) is 0 Å². The molecule has 2 aromatic heterocycles. The largest absolute Gasteiger partial charge is 0.317 e. The van der Waals surface area contributed by atoms with Crippen LogP contribution in [0.5, 0.6) is 0 Å². The molecule has 0 unspecified atom stereocenters. The van der Waals surface area contributed by atoms with E-state index in [1.807, 2.05) is 0 Å². The molecule has 7 aromatic rings. The van der Waals surface area contributed by atoms with Gasteiger partial charge in [-0.1, -0.05) is 101 Å². The molecule has 0 aliphatic heterocycles. The number of unbranched alkanes of at least 4 members (excludes halogenated alkanes) is 6. The highest BCUT2D eigenvalue weighted by Gasteiger charge is 2.13. The highest BCUT2D eigenvalue weighted by atomic mass is 15.0. The molecule has 7 rings (SSSR count). The van der Waals surface area contributed by atoms with Gasteiger partial charge in [0.25, 0.3) is 0 Å². The fraction of sp³-hybridized carbons (Fsp3) is 0.286. The second-order valence-corrected chi connectivity index (χ2v) is 12.6. The van der Waals surface area contributed by atoms with Gasteiger partial charge >= 0.3 is 0 Å². The first-order chi connectivity index (χ1) is 21.7. The van der Waals surface area contributed by atoms with Gasteiger partial charge in [0.1, 0.15) is 0 Å². The van der Waals surface area contributed by atoms with Crippen molar-refractivity contribution >= 4 is 43.4 Å². The lowest BCUT2D eigenvalue weighted by atomic mass is 9.97. The number of benzene rings is 5. The molecule has 5 aromatic carbocycles. The maximum absolute atomic E-state index is 2.37. The van der Waals surface area contributed by atoms with Crippen LogP contribution < -0.4 is 0 Å². The minimum absolute atomic E-state index is 1.16. The van der Waals surface area contributed by atoms with Crippen LogP contribution in [-0.2, 0) is 12.8 Å². The fourth-order valence-electron chi connectivity index (χ4n) is 7.16. The molecule has 0 N–H and O–H groups in total. The van der Waals surface area contributed by atoms with E-state index in [9.17, 15) is 0 Å². The van der Waals surface area contributed by atoms with E-state index in [2.05, 4.69) is 132 Å². The van der Waals surface area contributed by atoms with Gasteiger partial charge < -0.3 is 9.13 Å². The minimum Gasteiger partial charge on any atom is -0.317 e. The summed E-state index contributed by atoms with van der Waals surface area (Å²) in [6, 6.07) is 36.8. The number of hydrogen-bond acceptors (Lipinski definition) is 0. The van der Waals surface area contributed by atoms with Gasteiger partial charge in [0.2, 0.25) is 0 Å². The lowest BCUT2D eigenvalue weighted by molar-refractivity contribution is 0.667. The summed E-state index contributed by atoms with van der Waals surface area (Å²) < 4.78 is 4.71. The molecule has 0 aliphatic rings. The molecule has 0 spiro atoms. The number of fused-ring (bicyclic) bond motifs is 7. The van der Waals surface area contributed by atoms with Crippen molar-refractivity contribution in [2.24, 2.45) is 0 Å². The summed E-state index contributed by atoms with van der Waals surface area (Å²) in [5.41, 5.74) is 7.90. The number of aromatic nitrogens is 2. The van der Waals surface area contributed by atoms with Crippen LogP contribution in [-0.4, -0.2) is 9.13 Å². The van der Waals surface area contributed by atoms with Crippen LogP contribution in [0.4, 0.5) is 0 Å². The molecule has 0 radical (unpaired) electrons. The van der Waals surface area contributed by atoms with Crippen molar-refractivity contribution in [2.45, 2.75) is 78.1 Å². The second-order valence-electron chi connectivity index (χ2n) is 12.6. The highest BCUT2D eigenvalue weighted by Crippen LogP contribution is 2.36. The molecule has 0 saturated heterocycles. The maximum Gasteiger partial charge on any atom is 0.0534 e. The van der Waals surface area contributed by atoms with E-state index in [0.717, 1.165) is 12.8 Å². The number of hydrogen-bond donors (Lipinski definition) is 0. The smallest absolute Gasteiger partial charge is 0.0534 e. The predicted octanol–water partition coefficient (Wildman–Crippen LogP) is 12.1. The molecule has 0 saturated carbocycles. The average molecular weight is 577 g/mol.